The van der Waals surface area contributed by atoms with Gasteiger partial charge >= 0.3 is 0 Å². The molecule has 6 nitrogen and oxygen atoms in total. The molecule has 108 valence electrons. The van der Waals surface area contributed by atoms with E-state index in [0.29, 0.717) is 11.4 Å². The van der Waals surface area contributed by atoms with E-state index in [1.807, 2.05) is 23.7 Å². The Morgan fingerprint density at radius 1 is 1.50 bits per heavy atom. The Bertz CT molecular complexity index is 572. The van der Waals surface area contributed by atoms with Gasteiger partial charge in [-0.2, -0.15) is 5.10 Å². The van der Waals surface area contributed by atoms with Crippen molar-refractivity contribution in [3.05, 3.63) is 40.9 Å². The van der Waals surface area contributed by atoms with Crippen LogP contribution >= 0.6 is 11.6 Å². The number of benzene rings is 1. The summed E-state index contributed by atoms with van der Waals surface area (Å²) in [5.74, 6) is 7.28. The topological polar surface area (TPSA) is 78.0 Å². The zero-order valence-electron chi connectivity index (χ0n) is 11.5. The van der Waals surface area contributed by atoms with Gasteiger partial charge in [0.2, 0.25) is 0 Å². The number of ether oxygens (including phenoxy) is 1. The Balaban J connectivity index is 2.30. The highest BCUT2D eigenvalue weighted by molar-refractivity contribution is 6.30. The predicted octanol–water partition coefficient (Wildman–Crippen LogP) is 1.71. The highest BCUT2D eigenvalue weighted by atomic mass is 35.5. The molecule has 1 aromatic carbocycles. The molecular formula is C13H18ClN5O. The minimum Gasteiger partial charge on any atom is -0.496 e. The lowest BCUT2D eigenvalue weighted by atomic mass is 10.0. The molecule has 1 heterocycles. The minimum atomic E-state index is -0.154. The van der Waals surface area contributed by atoms with E-state index in [4.69, 9.17) is 22.2 Å². The van der Waals surface area contributed by atoms with Crippen LogP contribution in [0.25, 0.3) is 0 Å². The first kappa shape index (κ1) is 14.8. The molecule has 0 spiro atoms. The Kier molecular flexibility index (Phi) is 4.94. The van der Waals surface area contributed by atoms with Crippen LogP contribution in [0.2, 0.25) is 5.02 Å². The van der Waals surface area contributed by atoms with Crippen LogP contribution in [0.5, 0.6) is 5.75 Å². The van der Waals surface area contributed by atoms with Crippen LogP contribution in [0.4, 0.5) is 0 Å². The van der Waals surface area contributed by atoms with Crippen molar-refractivity contribution in [2.75, 3.05) is 7.11 Å². The van der Waals surface area contributed by atoms with Crippen molar-refractivity contribution >= 4 is 11.6 Å². The molecule has 0 saturated heterocycles. The summed E-state index contributed by atoms with van der Waals surface area (Å²) in [6.07, 6.45) is 2.14. The standard InChI is InChI=1S/C13H18ClN5O/c1-3-19-13(16-8-17-19)7-11(18-15)10-6-9(14)4-5-12(10)20-2/h4-6,8,11,18H,3,7,15H2,1-2H3. The number of aryl methyl sites for hydroxylation is 1. The van der Waals surface area contributed by atoms with Crippen LogP contribution in [-0.2, 0) is 13.0 Å². The summed E-state index contributed by atoms with van der Waals surface area (Å²) < 4.78 is 7.20. The van der Waals surface area contributed by atoms with Crippen molar-refractivity contribution in [1.29, 1.82) is 0 Å². The van der Waals surface area contributed by atoms with Crippen LogP contribution in [0.15, 0.2) is 24.5 Å². The van der Waals surface area contributed by atoms with Crippen molar-refractivity contribution in [3.63, 3.8) is 0 Å². The van der Waals surface area contributed by atoms with Crippen LogP contribution < -0.4 is 16.0 Å². The van der Waals surface area contributed by atoms with Crippen molar-refractivity contribution < 1.29 is 4.74 Å². The zero-order chi connectivity index (χ0) is 14.5. The molecule has 3 N–H and O–H groups in total. The SMILES string of the molecule is CCn1ncnc1CC(NN)c1cc(Cl)ccc1OC. The normalized spacial score (nSPS) is 12.4. The second-order valence-corrected chi connectivity index (χ2v) is 4.74. The summed E-state index contributed by atoms with van der Waals surface area (Å²) in [6, 6.07) is 5.30. The van der Waals surface area contributed by atoms with Gasteiger partial charge in [0.15, 0.2) is 0 Å². The third-order valence-corrected chi connectivity index (χ3v) is 3.39. The third kappa shape index (κ3) is 3.09. The Morgan fingerprint density at radius 3 is 2.95 bits per heavy atom. The Morgan fingerprint density at radius 2 is 2.30 bits per heavy atom. The van der Waals surface area contributed by atoms with Crippen LogP contribution in [0.1, 0.15) is 24.4 Å². The molecule has 0 bridgehead atoms. The lowest BCUT2D eigenvalue weighted by molar-refractivity contribution is 0.397. The number of hydrazine groups is 1. The smallest absolute Gasteiger partial charge is 0.138 e. The van der Waals surface area contributed by atoms with Gasteiger partial charge in [0.05, 0.1) is 13.2 Å². The number of nitrogens with two attached hydrogens (primary N) is 1. The van der Waals surface area contributed by atoms with E-state index in [9.17, 15) is 0 Å². The van der Waals surface area contributed by atoms with Gasteiger partial charge in [-0.3, -0.25) is 16.0 Å². The first-order valence-electron chi connectivity index (χ1n) is 6.35. The number of aromatic nitrogens is 3. The average molecular weight is 296 g/mol. The van der Waals surface area contributed by atoms with E-state index in [1.54, 1.807) is 19.5 Å². The largest absolute Gasteiger partial charge is 0.496 e. The van der Waals surface area contributed by atoms with Gasteiger partial charge in [-0.05, 0) is 25.1 Å². The van der Waals surface area contributed by atoms with E-state index in [1.165, 1.54) is 0 Å². The van der Waals surface area contributed by atoms with E-state index >= 15 is 0 Å². The summed E-state index contributed by atoms with van der Waals surface area (Å²) in [7, 11) is 1.62. The highest BCUT2D eigenvalue weighted by Crippen LogP contribution is 2.29. The quantitative estimate of drug-likeness (QED) is 0.626. The average Bonchev–Trinajstić information content (AvgIpc) is 2.91. The number of hydrogen-bond donors (Lipinski definition) is 2. The number of nitrogens with zero attached hydrogens (tertiary/aromatic N) is 3. The fraction of sp³-hybridized carbons (Fsp3) is 0.385. The summed E-state index contributed by atoms with van der Waals surface area (Å²) in [5.41, 5.74) is 3.69. The highest BCUT2D eigenvalue weighted by Gasteiger charge is 2.18. The van der Waals surface area contributed by atoms with Gasteiger partial charge in [-0.25, -0.2) is 4.98 Å². The van der Waals surface area contributed by atoms with Crippen molar-refractivity contribution in [3.8, 4) is 5.75 Å². The number of hydrogen-bond acceptors (Lipinski definition) is 5. The van der Waals surface area contributed by atoms with Crippen LogP contribution in [0.3, 0.4) is 0 Å². The van der Waals surface area contributed by atoms with Gasteiger partial charge in [0, 0.05) is 23.6 Å². The summed E-state index contributed by atoms with van der Waals surface area (Å²) in [6.45, 7) is 2.78. The summed E-state index contributed by atoms with van der Waals surface area (Å²) in [5, 5.41) is 4.79. The Hall–Kier alpha value is -1.63. The van der Waals surface area contributed by atoms with Gasteiger partial charge in [-0.15, -0.1) is 0 Å². The maximum Gasteiger partial charge on any atom is 0.138 e. The molecule has 0 amide bonds. The van der Waals surface area contributed by atoms with Crippen LogP contribution in [-0.4, -0.2) is 21.9 Å². The maximum absolute atomic E-state index is 6.06. The molecular weight excluding hydrogens is 278 g/mol. The molecule has 2 aromatic rings. The van der Waals surface area contributed by atoms with E-state index in [2.05, 4.69) is 15.5 Å². The lowest BCUT2D eigenvalue weighted by Gasteiger charge is -2.19. The molecule has 1 aromatic heterocycles. The van der Waals surface area contributed by atoms with E-state index in [0.717, 1.165) is 23.7 Å². The molecule has 0 aliphatic rings. The monoisotopic (exact) mass is 295 g/mol. The first-order valence-corrected chi connectivity index (χ1v) is 6.73. The third-order valence-electron chi connectivity index (χ3n) is 3.15. The van der Waals surface area contributed by atoms with Crippen molar-refractivity contribution in [1.82, 2.24) is 20.2 Å². The van der Waals surface area contributed by atoms with E-state index < -0.39 is 0 Å². The lowest BCUT2D eigenvalue weighted by Crippen LogP contribution is -2.30. The number of nitrogens with one attached hydrogen (secondary N) is 1. The molecule has 0 aliphatic carbocycles. The number of rotatable bonds is 6. The fourth-order valence-electron chi connectivity index (χ4n) is 2.13. The molecule has 0 aliphatic heterocycles. The van der Waals surface area contributed by atoms with Gasteiger partial charge < -0.3 is 4.74 Å². The zero-order valence-corrected chi connectivity index (χ0v) is 12.3. The summed E-state index contributed by atoms with van der Waals surface area (Å²) in [4.78, 5) is 4.26. The fourth-order valence-corrected chi connectivity index (χ4v) is 2.31. The molecule has 0 radical (unpaired) electrons. The molecule has 0 fully saturated rings. The molecule has 7 heteroatoms. The number of halogens is 1. The van der Waals surface area contributed by atoms with Gasteiger partial charge in [0.25, 0.3) is 0 Å². The molecule has 0 saturated carbocycles. The molecule has 20 heavy (non-hydrogen) atoms. The van der Waals surface area contributed by atoms with Gasteiger partial charge in [-0.1, -0.05) is 11.6 Å². The number of methoxy groups -OCH3 is 1. The molecule has 1 unspecified atom stereocenters. The minimum absolute atomic E-state index is 0.154. The molecule has 1 atom stereocenters. The van der Waals surface area contributed by atoms with Crippen molar-refractivity contribution in [2.24, 2.45) is 5.84 Å². The predicted molar refractivity (Wildman–Crippen MR) is 77.5 cm³/mol. The first-order chi connectivity index (χ1) is 9.69. The van der Waals surface area contributed by atoms with Crippen molar-refractivity contribution in [2.45, 2.75) is 25.9 Å². The Labute approximate surface area is 122 Å². The van der Waals surface area contributed by atoms with Crippen LogP contribution in [0, 0.1) is 0 Å². The second-order valence-electron chi connectivity index (χ2n) is 4.30. The summed E-state index contributed by atoms with van der Waals surface area (Å²) >= 11 is 6.06. The van der Waals surface area contributed by atoms with E-state index in [-0.39, 0.29) is 6.04 Å². The maximum atomic E-state index is 6.06. The molecule has 2 rings (SSSR count). The van der Waals surface area contributed by atoms with Gasteiger partial charge in [0.1, 0.15) is 17.9 Å². The second kappa shape index (κ2) is 6.69.